The van der Waals surface area contributed by atoms with Crippen LogP contribution < -0.4 is 31.4 Å². The molecule has 2 aromatic heterocycles. The Balaban J connectivity index is 1.13. The van der Waals surface area contributed by atoms with Gasteiger partial charge in [-0.05, 0) is 19.9 Å². The fourth-order valence-corrected chi connectivity index (χ4v) is 7.39. The Morgan fingerprint density at radius 2 is 1.93 bits per heavy atom. The summed E-state index contributed by atoms with van der Waals surface area (Å²) in [6.45, 7) is 5.69. The minimum absolute atomic E-state index is 0.0194. The summed E-state index contributed by atoms with van der Waals surface area (Å²) in [7, 11) is 0. The summed E-state index contributed by atoms with van der Waals surface area (Å²) >= 11 is -1.56. The molecule has 1 aliphatic heterocycles. The zero-order valence-corrected chi connectivity index (χ0v) is 25.7. The molecule has 0 unspecified atom stereocenters. The van der Waals surface area contributed by atoms with Crippen LogP contribution in [0.4, 0.5) is 8.55 Å². The normalized spacial score (nSPS) is 18.0. The number of hydrogen-bond donors (Lipinski definition) is 1. The molecular weight excluding hydrogens is 648 g/mol. The molecule has 2 fully saturated rings. The first-order valence-electron chi connectivity index (χ1n) is 14.5. The van der Waals surface area contributed by atoms with Crippen LogP contribution in [-0.2, 0) is 0 Å². The molecule has 7 nitrogen and oxygen atoms in total. The third-order valence-electron chi connectivity index (χ3n) is 8.68. The summed E-state index contributed by atoms with van der Waals surface area (Å²) in [5.41, 5.74) is 5.90. The number of ether oxygens (including phenoxy) is 1. The van der Waals surface area contributed by atoms with Gasteiger partial charge in [0.2, 0.25) is 0 Å². The van der Waals surface area contributed by atoms with E-state index in [-0.39, 0.29) is 17.2 Å². The number of rotatable bonds is 8. The molecule has 3 heterocycles. The van der Waals surface area contributed by atoms with E-state index >= 15 is 0 Å². The number of piperidine rings is 1. The number of fused-ring (bicyclic) bond motifs is 1. The van der Waals surface area contributed by atoms with Crippen molar-refractivity contribution in [2.45, 2.75) is 58.0 Å². The zero-order chi connectivity index (χ0) is 29.0. The van der Waals surface area contributed by atoms with Crippen LogP contribution in [-0.4, -0.2) is 40.4 Å². The Hall–Kier alpha value is -3.47. The van der Waals surface area contributed by atoms with E-state index in [0.29, 0.717) is 17.2 Å². The summed E-state index contributed by atoms with van der Waals surface area (Å²) in [4.78, 5) is 18.3. The fourth-order valence-electron chi connectivity index (χ4n) is 6.39. The number of nitrogens with zero attached hydrogens (tertiary/aromatic N) is 3. The molecule has 3 aliphatic rings. The average Bonchev–Trinajstić information content (AvgIpc) is 3.73. The minimum Gasteiger partial charge on any atom is 0.0444 e. The van der Waals surface area contributed by atoms with E-state index < -0.39 is 27.7 Å². The number of carboxylic acid groups (broad SMARTS) is 1. The van der Waals surface area contributed by atoms with E-state index in [0.717, 1.165) is 82.4 Å². The van der Waals surface area contributed by atoms with Crippen LogP contribution in [0.15, 0.2) is 59.1 Å². The van der Waals surface area contributed by atoms with Crippen molar-refractivity contribution in [2.75, 3.05) is 18.0 Å². The summed E-state index contributed by atoms with van der Waals surface area (Å²) in [6, 6.07) is 15.2. The number of hydrogen-bond acceptors (Lipinski definition) is 6. The molecule has 1 spiro atoms. The number of anilines is 1. The van der Waals surface area contributed by atoms with Crippen LogP contribution in [0.3, 0.4) is 0 Å². The number of carboxylic acids is 1. The van der Waals surface area contributed by atoms with Crippen molar-refractivity contribution in [3.8, 4) is 17.0 Å². The van der Waals surface area contributed by atoms with Gasteiger partial charge in [0.05, 0.1) is 11.6 Å². The van der Waals surface area contributed by atoms with E-state index in [4.69, 9.17) is 9.26 Å². The Kier molecular flexibility index (Phi) is 6.95. The van der Waals surface area contributed by atoms with Crippen molar-refractivity contribution < 1.29 is 43.8 Å². The van der Waals surface area contributed by atoms with Crippen molar-refractivity contribution in [3.63, 3.8) is 0 Å². The van der Waals surface area contributed by atoms with Gasteiger partial charge in [-0.3, -0.25) is 0 Å². The number of allylic oxidation sites excluding steroid dienone is 2. The average molecular weight is 681 g/mol. The van der Waals surface area contributed by atoms with Crippen molar-refractivity contribution in [3.05, 3.63) is 75.2 Å². The van der Waals surface area contributed by atoms with Crippen LogP contribution >= 0.6 is 0 Å². The third-order valence-corrected chi connectivity index (χ3v) is 10.1. The first-order valence-corrected chi connectivity index (χ1v) is 16.4. The molecule has 1 saturated heterocycles. The quantitative estimate of drug-likeness (QED) is 0.275. The van der Waals surface area contributed by atoms with Crippen LogP contribution in [0.1, 0.15) is 73.7 Å². The summed E-state index contributed by atoms with van der Waals surface area (Å²) < 4.78 is 26.6. The predicted octanol–water partition coefficient (Wildman–Crippen LogP) is 4.47. The predicted molar refractivity (Wildman–Crippen MR) is 155 cm³/mol. The summed E-state index contributed by atoms with van der Waals surface area (Å²) in [6.07, 6.45) is 7.64. The van der Waals surface area contributed by atoms with Crippen LogP contribution in [0.25, 0.3) is 27.7 Å². The van der Waals surface area contributed by atoms with Gasteiger partial charge in [0.1, 0.15) is 5.75 Å². The van der Waals surface area contributed by atoms with Gasteiger partial charge in [-0.25, -0.2) is 9.78 Å². The Morgan fingerprint density at radius 1 is 1.17 bits per heavy atom. The van der Waals surface area contributed by atoms with Gasteiger partial charge in [-0.15, -0.1) is 0 Å². The molecule has 1 saturated carbocycles. The standard InChI is InChI=1S/C33H32FIN3O4/c1-19(2)41-28-16-27(32(39)40)36-26-10-9-22(15-24(26)28)38-13-11-33(12-14-38)17-21(18-33)29-30(37-42-31(29)20-7-8-20)23-5-3-4-6-25(23)35-34/h3-6,9-10,15-17,19-20H,7-8,11-14,18H2,1-2H3,(H,39,40)/q-1. The first kappa shape index (κ1) is 27.4. The first-order chi connectivity index (χ1) is 20.3. The molecule has 0 radical (unpaired) electrons. The van der Waals surface area contributed by atoms with Crippen LogP contribution in [0, 0.1) is 8.99 Å². The molecule has 4 aromatic rings. The molecule has 7 rings (SSSR count). The molecule has 1 N–H and O–H groups in total. The third kappa shape index (κ3) is 4.95. The van der Waals surface area contributed by atoms with E-state index in [1.54, 1.807) is 0 Å². The summed E-state index contributed by atoms with van der Waals surface area (Å²) in [5, 5.41) is 14.8. The van der Waals surface area contributed by atoms with Gasteiger partial charge in [-0.2, -0.15) is 0 Å². The second-order valence-electron chi connectivity index (χ2n) is 12.0. The van der Waals surface area contributed by atoms with Gasteiger partial charge in [0, 0.05) is 11.5 Å². The second-order valence-corrected chi connectivity index (χ2v) is 13.5. The Morgan fingerprint density at radius 3 is 2.62 bits per heavy atom. The van der Waals surface area contributed by atoms with Crippen molar-refractivity contribution in [1.82, 2.24) is 10.1 Å². The number of aromatic carboxylic acids is 1. The molecule has 42 heavy (non-hydrogen) atoms. The Labute approximate surface area is 254 Å². The number of halogens is 2. The van der Waals surface area contributed by atoms with Gasteiger partial charge in [0.25, 0.3) is 0 Å². The van der Waals surface area contributed by atoms with Crippen LogP contribution in [0.2, 0.25) is 0 Å². The molecule has 0 atom stereocenters. The molecule has 0 bridgehead atoms. The fraction of sp³-hybridized carbons (Fsp3) is 0.364. The molecular formula is C33H32FIN3O4-. The summed E-state index contributed by atoms with van der Waals surface area (Å²) in [5.74, 6) is 0.873. The monoisotopic (exact) mass is 680 g/mol. The number of aromatic nitrogens is 2. The van der Waals surface area contributed by atoms with Crippen molar-refractivity contribution >= 4 is 28.1 Å². The molecule has 2 aliphatic carbocycles. The smallest absolute Gasteiger partial charge is 0.0444 e. The van der Waals surface area contributed by atoms with E-state index in [2.05, 4.69) is 27.2 Å². The topological polar surface area (TPSA) is 88.7 Å². The van der Waals surface area contributed by atoms with Crippen molar-refractivity contribution in [1.29, 1.82) is 0 Å². The molecule has 9 heteroatoms. The molecule has 218 valence electrons. The van der Waals surface area contributed by atoms with Crippen LogP contribution in [0.5, 0.6) is 5.75 Å². The maximum atomic E-state index is 14.0. The molecule has 2 aromatic carbocycles. The van der Waals surface area contributed by atoms with E-state index in [1.807, 2.05) is 50.2 Å². The number of pyridine rings is 1. The number of carbonyl (C=O) groups is 1. The van der Waals surface area contributed by atoms with E-state index in [9.17, 15) is 12.8 Å². The Bertz CT molecular complexity index is 1720. The zero-order valence-electron chi connectivity index (χ0n) is 23.6. The maximum absolute atomic E-state index is 14.0. The van der Waals surface area contributed by atoms with Gasteiger partial charge < -0.3 is 9.84 Å². The second kappa shape index (κ2) is 10.7. The minimum atomic E-state index is -1.56. The van der Waals surface area contributed by atoms with E-state index in [1.165, 1.54) is 11.6 Å². The van der Waals surface area contributed by atoms with Gasteiger partial charge in [-0.1, -0.05) is 0 Å². The van der Waals surface area contributed by atoms with Crippen molar-refractivity contribution in [2.24, 2.45) is 5.41 Å². The number of benzene rings is 2. The van der Waals surface area contributed by atoms with Gasteiger partial charge in [0.15, 0.2) is 5.69 Å². The molecule has 0 amide bonds. The van der Waals surface area contributed by atoms with Gasteiger partial charge >= 0.3 is 182 Å². The SMILES string of the molecule is CC(C)Oc1cc(C(=O)O)nc2ccc(N3CCC4(C=C(c5c(-c6ccccc6[I-]F)noc5C5CC5)C4)CC3)cc12.